The molecule has 1 amide bonds. The summed E-state index contributed by atoms with van der Waals surface area (Å²) in [6.07, 6.45) is -1.37. The minimum absolute atomic E-state index is 0.0432. The SMILES string of the molecule is Cc1cc2nc(N)c3cncn3c2cc1C(=O)N(C)[C@@H]1COCc2nc(C(F)(F)F)ccc21. The van der Waals surface area contributed by atoms with Gasteiger partial charge in [-0.2, -0.15) is 13.2 Å². The van der Waals surface area contributed by atoms with Gasteiger partial charge in [-0.1, -0.05) is 6.07 Å². The third-order valence-electron chi connectivity index (χ3n) is 5.91. The molecule has 1 atom stereocenters. The number of likely N-dealkylation sites (N-methyl/N-ethyl adjacent to an activating group) is 1. The smallest absolute Gasteiger partial charge is 0.382 e. The highest BCUT2D eigenvalue weighted by Crippen LogP contribution is 2.34. The number of hydrogen-bond donors (Lipinski definition) is 1. The fourth-order valence-corrected chi connectivity index (χ4v) is 4.16. The summed E-state index contributed by atoms with van der Waals surface area (Å²) in [6, 6.07) is 5.22. The topological polar surface area (TPSA) is 98.6 Å². The number of pyridine rings is 1. The highest BCUT2D eigenvalue weighted by molar-refractivity contribution is 5.99. The van der Waals surface area contributed by atoms with Gasteiger partial charge in [0.25, 0.3) is 5.91 Å². The number of imidazole rings is 1. The van der Waals surface area contributed by atoms with E-state index in [0.717, 1.165) is 6.07 Å². The van der Waals surface area contributed by atoms with Crippen molar-refractivity contribution in [2.45, 2.75) is 25.7 Å². The summed E-state index contributed by atoms with van der Waals surface area (Å²) in [5.74, 6) is 0.0260. The molecule has 8 nitrogen and oxygen atoms in total. The number of hydrogen-bond acceptors (Lipinski definition) is 6. The first-order chi connectivity index (χ1) is 15.6. The van der Waals surface area contributed by atoms with Crippen molar-refractivity contribution in [3.05, 3.63) is 64.9 Å². The minimum atomic E-state index is -4.55. The second kappa shape index (κ2) is 7.41. The van der Waals surface area contributed by atoms with Crippen LogP contribution in [0.3, 0.4) is 0 Å². The van der Waals surface area contributed by atoms with Gasteiger partial charge in [-0.3, -0.25) is 9.20 Å². The molecule has 1 aliphatic rings. The van der Waals surface area contributed by atoms with Crippen LogP contribution >= 0.6 is 0 Å². The summed E-state index contributed by atoms with van der Waals surface area (Å²) in [4.78, 5) is 27.2. The van der Waals surface area contributed by atoms with Crippen molar-refractivity contribution < 1.29 is 22.7 Å². The molecule has 4 aromatic rings. The van der Waals surface area contributed by atoms with E-state index < -0.39 is 17.9 Å². The molecule has 1 aliphatic heterocycles. The zero-order chi connectivity index (χ0) is 23.5. The van der Waals surface area contributed by atoms with Gasteiger partial charge in [0.15, 0.2) is 0 Å². The molecule has 3 aromatic heterocycles. The van der Waals surface area contributed by atoms with Crippen LogP contribution in [0.1, 0.15) is 38.9 Å². The van der Waals surface area contributed by atoms with Crippen molar-refractivity contribution in [3.8, 4) is 0 Å². The van der Waals surface area contributed by atoms with Crippen LogP contribution < -0.4 is 5.73 Å². The lowest BCUT2D eigenvalue weighted by atomic mass is 9.99. The summed E-state index contributed by atoms with van der Waals surface area (Å²) in [5.41, 5.74) is 8.75. The number of benzene rings is 1. The van der Waals surface area contributed by atoms with E-state index in [4.69, 9.17) is 10.5 Å². The Balaban J connectivity index is 1.54. The molecule has 4 heterocycles. The Morgan fingerprint density at radius 2 is 2.03 bits per heavy atom. The summed E-state index contributed by atoms with van der Waals surface area (Å²) < 4.78 is 46.4. The monoisotopic (exact) mass is 456 g/mol. The molecular formula is C22H19F3N6O2. The molecule has 0 spiro atoms. The first-order valence-electron chi connectivity index (χ1n) is 10.1. The number of rotatable bonds is 2. The van der Waals surface area contributed by atoms with E-state index in [1.54, 1.807) is 43.0 Å². The van der Waals surface area contributed by atoms with E-state index >= 15 is 0 Å². The second-order valence-corrected chi connectivity index (χ2v) is 7.98. The largest absolute Gasteiger partial charge is 0.433 e. The number of anilines is 1. The fourth-order valence-electron chi connectivity index (χ4n) is 4.16. The van der Waals surface area contributed by atoms with Crippen LogP contribution in [0, 0.1) is 6.92 Å². The minimum Gasteiger partial charge on any atom is -0.382 e. The Bertz CT molecular complexity index is 1420. The third kappa shape index (κ3) is 3.44. The molecule has 0 aliphatic carbocycles. The van der Waals surface area contributed by atoms with E-state index in [1.165, 1.54) is 11.0 Å². The third-order valence-corrected chi connectivity index (χ3v) is 5.91. The van der Waals surface area contributed by atoms with Crippen LogP contribution in [0.5, 0.6) is 0 Å². The molecule has 0 radical (unpaired) electrons. The normalized spacial score (nSPS) is 16.2. The molecule has 0 saturated carbocycles. The average molecular weight is 456 g/mol. The molecule has 33 heavy (non-hydrogen) atoms. The van der Waals surface area contributed by atoms with Gasteiger partial charge in [0.1, 0.15) is 17.0 Å². The molecule has 5 rings (SSSR count). The van der Waals surface area contributed by atoms with Gasteiger partial charge >= 0.3 is 6.18 Å². The molecule has 0 unspecified atom stereocenters. The van der Waals surface area contributed by atoms with E-state index in [1.807, 2.05) is 0 Å². The Morgan fingerprint density at radius 3 is 2.79 bits per heavy atom. The highest BCUT2D eigenvalue weighted by atomic mass is 19.4. The fraction of sp³-hybridized carbons (Fsp3) is 0.273. The van der Waals surface area contributed by atoms with Gasteiger partial charge in [0, 0.05) is 18.2 Å². The number of carbonyl (C=O) groups excluding carboxylic acids is 1. The number of fused-ring (bicyclic) bond motifs is 4. The molecule has 1 aromatic carbocycles. The van der Waals surface area contributed by atoms with Crippen LogP contribution in [0.2, 0.25) is 0 Å². The van der Waals surface area contributed by atoms with Crippen LogP contribution in [-0.4, -0.2) is 43.8 Å². The number of aryl methyl sites for hydroxylation is 1. The van der Waals surface area contributed by atoms with E-state index in [9.17, 15) is 18.0 Å². The van der Waals surface area contributed by atoms with Gasteiger partial charge < -0.3 is 15.4 Å². The van der Waals surface area contributed by atoms with E-state index in [0.29, 0.717) is 39.1 Å². The first-order valence-corrected chi connectivity index (χ1v) is 10.1. The van der Waals surface area contributed by atoms with Crippen molar-refractivity contribution in [2.75, 3.05) is 19.4 Å². The maximum atomic E-state index is 13.5. The maximum Gasteiger partial charge on any atom is 0.433 e. The standard InChI is InChI=1S/C22H19F3N6O2/c1-11-5-14-16(31-10-27-7-17(31)20(26)29-14)6-13(11)21(32)30(2)18-9-33-8-15-12(18)3-4-19(28-15)22(23,24)25/h3-7,10,18H,8-9H2,1-2H3,(H2,26,29)/t18-/m1/s1. The van der Waals surface area contributed by atoms with Gasteiger partial charge in [0.2, 0.25) is 0 Å². The number of aromatic nitrogens is 4. The van der Waals surface area contributed by atoms with Crippen LogP contribution in [0.4, 0.5) is 19.0 Å². The number of amides is 1. The lowest BCUT2D eigenvalue weighted by Gasteiger charge is -2.33. The Kier molecular flexibility index (Phi) is 4.74. The molecule has 170 valence electrons. The van der Waals surface area contributed by atoms with E-state index in [2.05, 4.69) is 15.0 Å². The number of nitrogens with zero attached hydrogens (tertiary/aromatic N) is 5. The maximum absolute atomic E-state index is 13.5. The number of alkyl halides is 3. The number of halogens is 3. The first kappa shape index (κ1) is 21.1. The van der Waals surface area contributed by atoms with Crippen molar-refractivity contribution in [2.24, 2.45) is 0 Å². The Morgan fingerprint density at radius 1 is 1.24 bits per heavy atom. The van der Waals surface area contributed by atoms with Crippen molar-refractivity contribution in [1.29, 1.82) is 0 Å². The Hall–Kier alpha value is -3.73. The van der Waals surface area contributed by atoms with Crippen LogP contribution in [-0.2, 0) is 17.5 Å². The van der Waals surface area contributed by atoms with Gasteiger partial charge in [-0.15, -0.1) is 0 Å². The molecule has 0 fully saturated rings. The van der Waals surface area contributed by atoms with Crippen molar-refractivity contribution in [1.82, 2.24) is 24.3 Å². The molecule has 0 saturated heterocycles. The molecule has 11 heteroatoms. The molecule has 2 N–H and O–H groups in total. The lowest BCUT2D eigenvalue weighted by molar-refractivity contribution is -0.141. The van der Waals surface area contributed by atoms with Crippen molar-refractivity contribution >= 4 is 28.3 Å². The Labute approximate surface area is 185 Å². The predicted octanol–water partition coefficient (Wildman–Crippen LogP) is 3.53. The van der Waals surface area contributed by atoms with Crippen LogP contribution in [0.25, 0.3) is 16.6 Å². The summed E-state index contributed by atoms with van der Waals surface area (Å²) in [5, 5.41) is 0. The van der Waals surface area contributed by atoms with Crippen LogP contribution in [0.15, 0.2) is 36.8 Å². The number of nitrogens with two attached hydrogens (primary N) is 1. The lowest BCUT2D eigenvalue weighted by Crippen LogP contribution is -2.37. The predicted molar refractivity (Wildman–Crippen MR) is 113 cm³/mol. The number of carbonyl (C=O) groups is 1. The number of ether oxygens (including phenoxy) is 1. The summed E-state index contributed by atoms with van der Waals surface area (Å²) >= 11 is 0. The summed E-state index contributed by atoms with van der Waals surface area (Å²) in [7, 11) is 1.60. The average Bonchev–Trinajstić information content (AvgIpc) is 3.27. The quantitative estimate of drug-likeness (QED) is 0.496. The van der Waals surface area contributed by atoms with Crippen molar-refractivity contribution in [3.63, 3.8) is 0 Å². The zero-order valence-corrected chi connectivity index (χ0v) is 17.7. The van der Waals surface area contributed by atoms with E-state index in [-0.39, 0.29) is 24.8 Å². The highest BCUT2D eigenvalue weighted by Gasteiger charge is 2.36. The summed E-state index contributed by atoms with van der Waals surface area (Å²) in [6.45, 7) is 1.90. The van der Waals surface area contributed by atoms with Gasteiger partial charge in [-0.25, -0.2) is 15.0 Å². The molecular weight excluding hydrogens is 437 g/mol. The molecule has 0 bridgehead atoms. The van der Waals surface area contributed by atoms with Gasteiger partial charge in [-0.05, 0) is 30.7 Å². The second-order valence-electron chi connectivity index (χ2n) is 7.98. The zero-order valence-electron chi connectivity index (χ0n) is 17.7. The number of nitrogen functional groups attached to an aromatic ring is 1. The van der Waals surface area contributed by atoms with Gasteiger partial charge in [0.05, 0.1) is 48.5 Å².